The van der Waals surface area contributed by atoms with Crippen LogP contribution < -0.4 is 0 Å². The molecular weight excluding hydrogens is 232 g/mol. The van der Waals surface area contributed by atoms with E-state index in [1.54, 1.807) is 11.4 Å². The smallest absolute Gasteiger partial charge is 0.348 e. The van der Waals surface area contributed by atoms with Gasteiger partial charge in [0.2, 0.25) is 0 Å². The van der Waals surface area contributed by atoms with Crippen molar-refractivity contribution in [3.05, 3.63) is 21.9 Å². The van der Waals surface area contributed by atoms with E-state index in [0.29, 0.717) is 5.56 Å². The maximum absolute atomic E-state index is 11.3. The van der Waals surface area contributed by atoms with Gasteiger partial charge in [0.25, 0.3) is 0 Å². The molecule has 6 heteroatoms. The first-order valence-electron chi connectivity index (χ1n) is 4.74. The van der Waals surface area contributed by atoms with Gasteiger partial charge in [0.05, 0.1) is 13.2 Å². The molecule has 0 amide bonds. The number of thiophene rings is 1. The van der Waals surface area contributed by atoms with Crippen LogP contribution in [0.5, 0.6) is 0 Å². The molecule has 0 saturated heterocycles. The first kappa shape index (κ1) is 13.1. The zero-order valence-electron chi connectivity index (χ0n) is 8.79. The van der Waals surface area contributed by atoms with Crippen molar-refractivity contribution in [3.63, 3.8) is 0 Å². The lowest BCUT2D eigenvalue weighted by atomic mass is 10.0. The average molecular weight is 246 g/mol. The molecule has 0 bridgehead atoms. The molecule has 3 N–H and O–H groups in total. The van der Waals surface area contributed by atoms with Crippen molar-refractivity contribution in [1.82, 2.24) is 0 Å². The molecule has 5 nitrogen and oxygen atoms in total. The molecule has 0 aromatic carbocycles. The quantitative estimate of drug-likeness (QED) is 0.651. The van der Waals surface area contributed by atoms with E-state index in [2.05, 4.69) is 4.74 Å². The van der Waals surface area contributed by atoms with Gasteiger partial charge in [-0.1, -0.05) is 0 Å². The van der Waals surface area contributed by atoms with Gasteiger partial charge in [-0.15, -0.1) is 11.3 Å². The summed E-state index contributed by atoms with van der Waals surface area (Å²) in [6.07, 6.45) is -2.23. The summed E-state index contributed by atoms with van der Waals surface area (Å²) >= 11 is 1.14. The SMILES string of the molecule is COC(=O)c1sccc1C(O)C(O)CCO. The van der Waals surface area contributed by atoms with Crippen molar-refractivity contribution in [2.24, 2.45) is 0 Å². The van der Waals surface area contributed by atoms with Gasteiger partial charge in [0, 0.05) is 12.2 Å². The molecule has 1 heterocycles. The topological polar surface area (TPSA) is 87.0 Å². The minimum absolute atomic E-state index is 0.0532. The Morgan fingerprint density at radius 3 is 2.81 bits per heavy atom. The van der Waals surface area contributed by atoms with Gasteiger partial charge in [-0.25, -0.2) is 4.79 Å². The number of hydrogen-bond donors (Lipinski definition) is 3. The number of carbonyl (C=O) groups excluding carboxylic acids is 1. The second-order valence-corrected chi connectivity index (χ2v) is 4.14. The maximum Gasteiger partial charge on any atom is 0.348 e. The Morgan fingerprint density at radius 1 is 1.56 bits per heavy atom. The molecule has 0 aliphatic rings. The highest BCUT2D eigenvalue weighted by Crippen LogP contribution is 2.27. The molecule has 0 aliphatic heterocycles. The summed E-state index contributed by atoms with van der Waals surface area (Å²) in [7, 11) is 1.25. The number of methoxy groups -OCH3 is 1. The van der Waals surface area contributed by atoms with E-state index in [-0.39, 0.29) is 17.9 Å². The van der Waals surface area contributed by atoms with Crippen LogP contribution >= 0.6 is 11.3 Å². The number of aliphatic hydroxyl groups excluding tert-OH is 3. The van der Waals surface area contributed by atoms with Crippen LogP contribution in [0, 0.1) is 0 Å². The van der Waals surface area contributed by atoms with Crippen LogP contribution in [-0.4, -0.2) is 41.1 Å². The molecule has 0 spiro atoms. The Labute approximate surface area is 96.9 Å². The van der Waals surface area contributed by atoms with Crippen molar-refractivity contribution >= 4 is 17.3 Å². The van der Waals surface area contributed by atoms with Gasteiger partial charge in [-0.05, 0) is 17.9 Å². The Bertz CT molecular complexity index is 349. The number of rotatable bonds is 5. The van der Waals surface area contributed by atoms with Crippen LogP contribution in [-0.2, 0) is 4.74 Å². The molecule has 0 fully saturated rings. The van der Waals surface area contributed by atoms with Gasteiger partial charge in [0.1, 0.15) is 11.0 Å². The second-order valence-electron chi connectivity index (χ2n) is 3.22. The minimum atomic E-state index is -1.19. The largest absolute Gasteiger partial charge is 0.465 e. The van der Waals surface area contributed by atoms with Gasteiger partial charge in [0.15, 0.2) is 0 Å². The van der Waals surface area contributed by atoms with E-state index in [1.165, 1.54) is 7.11 Å². The van der Waals surface area contributed by atoms with Crippen LogP contribution in [0.15, 0.2) is 11.4 Å². The molecule has 2 unspecified atom stereocenters. The molecule has 2 atom stereocenters. The fourth-order valence-corrected chi connectivity index (χ4v) is 2.16. The molecule has 90 valence electrons. The Morgan fingerprint density at radius 2 is 2.25 bits per heavy atom. The highest BCUT2D eigenvalue weighted by molar-refractivity contribution is 7.12. The monoisotopic (exact) mass is 246 g/mol. The molecule has 1 rings (SSSR count). The standard InChI is InChI=1S/C10H14O5S/c1-15-10(14)9-6(3-5-16-9)8(13)7(12)2-4-11/h3,5,7-8,11-13H,2,4H2,1H3. The first-order chi connectivity index (χ1) is 7.61. The van der Waals surface area contributed by atoms with Gasteiger partial charge in [-0.2, -0.15) is 0 Å². The minimum Gasteiger partial charge on any atom is -0.465 e. The van der Waals surface area contributed by atoms with Crippen molar-refractivity contribution in [2.75, 3.05) is 13.7 Å². The Hall–Kier alpha value is -0.950. The Balaban J connectivity index is 2.87. The number of ether oxygens (including phenoxy) is 1. The third-order valence-corrected chi connectivity index (χ3v) is 3.08. The molecule has 0 aliphatic carbocycles. The highest BCUT2D eigenvalue weighted by Gasteiger charge is 2.24. The van der Waals surface area contributed by atoms with Gasteiger partial charge >= 0.3 is 5.97 Å². The number of hydrogen-bond acceptors (Lipinski definition) is 6. The summed E-state index contributed by atoms with van der Waals surface area (Å²) in [5.74, 6) is -0.541. The van der Waals surface area contributed by atoms with E-state index in [9.17, 15) is 15.0 Å². The van der Waals surface area contributed by atoms with E-state index >= 15 is 0 Å². The van der Waals surface area contributed by atoms with Crippen LogP contribution in [0.1, 0.15) is 27.8 Å². The molecule has 16 heavy (non-hydrogen) atoms. The van der Waals surface area contributed by atoms with Crippen LogP contribution in [0.3, 0.4) is 0 Å². The third-order valence-electron chi connectivity index (χ3n) is 2.17. The predicted octanol–water partition coefficient (Wildman–Crippen LogP) is 0.311. The van der Waals surface area contributed by atoms with Crippen molar-refractivity contribution in [3.8, 4) is 0 Å². The number of aliphatic hydroxyl groups is 3. The van der Waals surface area contributed by atoms with Crippen LogP contribution in [0.4, 0.5) is 0 Å². The Kier molecular flexibility index (Phi) is 4.88. The van der Waals surface area contributed by atoms with Crippen LogP contribution in [0.25, 0.3) is 0 Å². The lowest BCUT2D eigenvalue weighted by Crippen LogP contribution is -2.20. The predicted molar refractivity (Wildman–Crippen MR) is 58.3 cm³/mol. The summed E-state index contributed by atoms with van der Waals surface area (Å²) in [6.45, 7) is -0.226. The molecule has 1 aromatic heterocycles. The van der Waals surface area contributed by atoms with Crippen LogP contribution in [0.2, 0.25) is 0 Å². The van der Waals surface area contributed by atoms with Gasteiger partial charge < -0.3 is 20.1 Å². The number of carbonyl (C=O) groups is 1. The third kappa shape index (κ3) is 2.79. The summed E-state index contributed by atoms with van der Waals surface area (Å²) in [4.78, 5) is 11.6. The average Bonchev–Trinajstić information content (AvgIpc) is 2.76. The summed E-state index contributed by atoms with van der Waals surface area (Å²) < 4.78 is 4.55. The fraction of sp³-hybridized carbons (Fsp3) is 0.500. The zero-order valence-corrected chi connectivity index (χ0v) is 9.61. The summed E-state index contributed by atoms with van der Waals surface area (Å²) in [6, 6.07) is 1.56. The maximum atomic E-state index is 11.3. The van der Waals surface area contributed by atoms with E-state index in [1.807, 2.05) is 0 Å². The van der Waals surface area contributed by atoms with E-state index < -0.39 is 18.2 Å². The highest BCUT2D eigenvalue weighted by atomic mass is 32.1. The molecule has 0 saturated carbocycles. The summed E-state index contributed by atoms with van der Waals surface area (Å²) in [5.41, 5.74) is 0.331. The van der Waals surface area contributed by atoms with Crippen molar-refractivity contribution in [1.29, 1.82) is 0 Å². The fourth-order valence-electron chi connectivity index (χ4n) is 1.31. The lowest BCUT2D eigenvalue weighted by molar-refractivity contribution is 0.00367. The second kappa shape index (κ2) is 5.95. The first-order valence-corrected chi connectivity index (χ1v) is 5.62. The summed E-state index contributed by atoms with van der Waals surface area (Å²) in [5, 5.41) is 29.6. The van der Waals surface area contributed by atoms with Crippen molar-refractivity contribution < 1.29 is 24.9 Å². The lowest BCUT2D eigenvalue weighted by Gasteiger charge is -2.16. The van der Waals surface area contributed by atoms with E-state index in [0.717, 1.165) is 11.3 Å². The molecule has 0 radical (unpaired) electrons. The number of esters is 1. The normalized spacial score (nSPS) is 14.5. The zero-order chi connectivity index (χ0) is 12.1. The molecule has 1 aromatic rings. The van der Waals surface area contributed by atoms with Crippen molar-refractivity contribution in [2.45, 2.75) is 18.6 Å². The van der Waals surface area contributed by atoms with Gasteiger partial charge in [-0.3, -0.25) is 0 Å². The van der Waals surface area contributed by atoms with E-state index in [4.69, 9.17) is 5.11 Å². The molecular formula is C10H14O5S.